The second kappa shape index (κ2) is 8.36. The molecule has 170 valence electrons. The Morgan fingerprint density at radius 2 is 2.09 bits per heavy atom. The van der Waals surface area contributed by atoms with Crippen LogP contribution in [0.4, 0.5) is 4.39 Å². The minimum atomic E-state index is -0.137. The van der Waals surface area contributed by atoms with Crippen LogP contribution in [0.2, 0.25) is 0 Å². The number of ether oxygens (including phenoxy) is 1. The first kappa shape index (κ1) is 21.7. The molecule has 2 atom stereocenters. The molecule has 0 amide bonds. The van der Waals surface area contributed by atoms with Crippen LogP contribution in [0.25, 0.3) is 0 Å². The number of hydrogen-bond acceptors (Lipinski definition) is 5. The average Bonchev–Trinajstić information content (AvgIpc) is 3.52. The summed E-state index contributed by atoms with van der Waals surface area (Å²) >= 11 is 1.26. The molecule has 0 N–H and O–H groups in total. The molecule has 1 fully saturated rings. The van der Waals surface area contributed by atoms with Crippen LogP contribution in [0.15, 0.2) is 42.9 Å². The topological polar surface area (TPSA) is 43.2 Å². The van der Waals surface area contributed by atoms with E-state index in [0.29, 0.717) is 6.61 Å². The van der Waals surface area contributed by atoms with Gasteiger partial charge in [-0.2, -0.15) is 4.39 Å². The number of imidazole rings is 1. The van der Waals surface area contributed by atoms with Crippen molar-refractivity contribution in [2.45, 2.75) is 58.2 Å². The normalized spacial score (nSPS) is 24.1. The van der Waals surface area contributed by atoms with Crippen LogP contribution < -0.4 is 0 Å². The highest BCUT2D eigenvalue weighted by Crippen LogP contribution is 2.51. The Kier molecular flexibility index (Phi) is 5.68. The van der Waals surface area contributed by atoms with Crippen LogP contribution in [0.1, 0.15) is 54.8 Å². The maximum atomic E-state index is 13.6. The Morgan fingerprint density at radius 3 is 2.84 bits per heavy atom. The Labute approximate surface area is 193 Å². The number of likely N-dealkylation sites (tertiary alicyclic amines) is 1. The minimum absolute atomic E-state index is 0.0481. The average molecular weight is 455 g/mol. The van der Waals surface area contributed by atoms with Gasteiger partial charge in [-0.1, -0.05) is 6.07 Å². The lowest BCUT2D eigenvalue weighted by Crippen LogP contribution is -2.44. The summed E-state index contributed by atoms with van der Waals surface area (Å²) < 4.78 is 22.3. The highest BCUT2D eigenvalue weighted by Gasteiger charge is 2.50. The van der Waals surface area contributed by atoms with Gasteiger partial charge in [-0.3, -0.25) is 9.88 Å². The van der Waals surface area contributed by atoms with E-state index in [4.69, 9.17) is 9.72 Å². The maximum Gasteiger partial charge on any atom is 0.176 e. The van der Waals surface area contributed by atoms with Crippen LogP contribution in [-0.2, 0) is 23.2 Å². The number of fused-ring (bicyclic) bond motifs is 1. The van der Waals surface area contributed by atoms with Gasteiger partial charge < -0.3 is 9.30 Å². The fourth-order valence-corrected chi connectivity index (χ4v) is 6.06. The van der Waals surface area contributed by atoms with Crippen LogP contribution in [0.3, 0.4) is 0 Å². The number of hydrogen-bond donors (Lipinski definition) is 0. The van der Waals surface area contributed by atoms with E-state index in [9.17, 15) is 4.39 Å². The predicted molar refractivity (Wildman–Crippen MR) is 124 cm³/mol. The standard InChI is InChI=1S/C25H31FN4OS/c1-18-4-5-19(16-28-18)24(2,3)30-12-10-25(17-30,9-8-20-6-7-21(26)32-20)22-23-27-11-13-29(23)14-15-31-22/h4-7,11,13,16,22H,8-10,12,14-15,17H2,1-3H3/t22?,25-/m1/s1. The first-order valence-corrected chi connectivity index (χ1v) is 12.2. The first-order valence-electron chi connectivity index (χ1n) is 11.4. The van der Waals surface area contributed by atoms with Crippen LogP contribution in [0.5, 0.6) is 0 Å². The number of halogens is 1. The van der Waals surface area contributed by atoms with E-state index in [2.05, 4.69) is 46.6 Å². The number of thiophene rings is 1. The molecule has 0 saturated carbocycles. The third-order valence-corrected chi connectivity index (χ3v) is 8.38. The van der Waals surface area contributed by atoms with E-state index in [-0.39, 0.29) is 22.2 Å². The van der Waals surface area contributed by atoms with E-state index in [0.717, 1.165) is 55.3 Å². The molecule has 2 aliphatic rings. The van der Waals surface area contributed by atoms with Crippen molar-refractivity contribution in [2.75, 3.05) is 19.7 Å². The van der Waals surface area contributed by atoms with Gasteiger partial charge in [0, 0.05) is 53.2 Å². The predicted octanol–water partition coefficient (Wildman–Crippen LogP) is 5.12. The summed E-state index contributed by atoms with van der Waals surface area (Å²) in [6, 6.07) is 7.78. The van der Waals surface area contributed by atoms with Crippen molar-refractivity contribution < 1.29 is 9.13 Å². The molecule has 32 heavy (non-hydrogen) atoms. The molecule has 2 aliphatic heterocycles. The summed E-state index contributed by atoms with van der Waals surface area (Å²) in [4.78, 5) is 12.9. The summed E-state index contributed by atoms with van der Waals surface area (Å²) in [6.45, 7) is 10.0. The van der Waals surface area contributed by atoms with Gasteiger partial charge in [-0.15, -0.1) is 11.3 Å². The third kappa shape index (κ3) is 3.91. The Hall–Kier alpha value is -2.09. The van der Waals surface area contributed by atoms with Gasteiger partial charge in [-0.05, 0) is 70.3 Å². The highest BCUT2D eigenvalue weighted by atomic mass is 32.1. The van der Waals surface area contributed by atoms with Gasteiger partial charge in [-0.25, -0.2) is 4.98 Å². The molecular weight excluding hydrogens is 423 g/mol. The summed E-state index contributed by atoms with van der Waals surface area (Å²) in [5, 5.41) is -0.112. The number of aromatic nitrogens is 3. The van der Waals surface area contributed by atoms with Crippen molar-refractivity contribution in [1.82, 2.24) is 19.4 Å². The highest BCUT2D eigenvalue weighted by molar-refractivity contribution is 7.10. The second-order valence-corrected chi connectivity index (χ2v) is 10.8. The number of aryl methyl sites for hydroxylation is 2. The van der Waals surface area contributed by atoms with Gasteiger partial charge in [0.05, 0.1) is 6.61 Å². The molecule has 0 radical (unpaired) electrons. The molecule has 5 rings (SSSR count). The number of rotatable bonds is 6. The fraction of sp³-hybridized carbons (Fsp3) is 0.520. The molecule has 5 nitrogen and oxygen atoms in total. The van der Waals surface area contributed by atoms with E-state index in [1.807, 2.05) is 25.4 Å². The van der Waals surface area contributed by atoms with E-state index < -0.39 is 0 Å². The molecule has 3 aromatic heterocycles. The van der Waals surface area contributed by atoms with Gasteiger partial charge in [0.2, 0.25) is 0 Å². The van der Waals surface area contributed by atoms with Crippen LogP contribution >= 0.6 is 11.3 Å². The van der Waals surface area contributed by atoms with Crippen molar-refractivity contribution in [3.63, 3.8) is 0 Å². The van der Waals surface area contributed by atoms with Gasteiger partial charge in [0.1, 0.15) is 11.9 Å². The molecule has 1 saturated heterocycles. The fourth-order valence-electron chi connectivity index (χ4n) is 5.33. The smallest absolute Gasteiger partial charge is 0.176 e. The van der Waals surface area contributed by atoms with Gasteiger partial charge >= 0.3 is 0 Å². The van der Waals surface area contributed by atoms with Crippen molar-refractivity contribution in [3.05, 3.63) is 69.9 Å². The minimum Gasteiger partial charge on any atom is -0.368 e. The third-order valence-electron chi connectivity index (χ3n) is 7.45. The van der Waals surface area contributed by atoms with Crippen molar-refractivity contribution >= 4 is 11.3 Å². The number of pyridine rings is 1. The molecule has 7 heteroatoms. The Balaban J connectivity index is 1.45. The van der Waals surface area contributed by atoms with E-state index in [1.54, 1.807) is 6.07 Å². The molecule has 0 aromatic carbocycles. The van der Waals surface area contributed by atoms with Gasteiger partial charge in [0.25, 0.3) is 0 Å². The molecule has 5 heterocycles. The Bertz CT molecular complexity index is 1080. The van der Waals surface area contributed by atoms with Crippen molar-refractivity contribution in [3.8, 4) is 0 Å². The first-order chi connectivity index (χ1) is 15.4. The van der Waals surface area contributed by atoms with Crippen molar-refractivity contribution in [2.24, 2.45) is 5.41 Å². The molecular formula is C25H31FN4OS. The lowest BCUT2D eigenvalue weighted by molar-refractivity contribution is -0.0729. The molecule has 0 bridgehead atoms. The maximum absolute atomic E-state index is 13.6. The van der Waals surface area contributed by atoms with Crippen LogP contribution in [0, 0.1) is 17.5 Å². The zero-order chi connectivity index (χ0) is 22.3. The Morgan fingerprint density at radius 1 is 1.22 bits per heavy atom. The summed E-state index contributed by atoms with van der Waals surface area (Å²) in [5.74, 6) is 1.03. The zero-order valence-electron chi connectivity index (χ0n) is 19.1. The molecule has 0 aliphatic carbocycles. The lowest BCUT2D eigenvalue weighted by atomic mass is 9.75. The van der Waals surface area contributed by atoms with Crippen molar-refractivity contribution in [1.29, 1.82) is 0 Å². The van der Waals surface area contributed by atoms with Gasteiger partial charge in [0.15, 0.2) is 5.13 Å². The molecule has 1 unspecified atom stereocenters. The number of nitrogens with zero attached hydrogens (tertiary/aromatic N) is 4. The monoisotopic (exact) mass is 454 g/mol. The summed E-state index contributed by atoms with van der Waals surface area (Å²) in [5.41, 5.74) is 2.05. The molecule has 3 aromatic rings. The lowest BCUT2D eigenvalue weighted by Gasteiger charge is -2.42. The summed E-state index contributed by atoms with van der Waals surface area (Å²) in [7, 11) is 0. The SMILES string of the molecule is Cc1ccc(C(C)(C)N2CC[C@@](CCc3ccc(F)s3)(C3OCCn4ccnc43)C2)cn1. The summed E-state index contributed by atoms with van der Waals surface area (Å²) in [6.07, 6.45) is 8.73. The second-order valence-electron chi connectivity index (χ2n) is 9.72. The van der Waals surface area contributed by atoms with E-state index in [1.165, 1.54) is 16.9 Å². The van der Waals surface area contributed by atoms with E-state index >= 15 is 0 Å². The molecule has 0 spiro atoms. The quantitative estimate of drug-likeness (QED) is 0.519. The van der Waals surface area contributed by atoms with Crippen LogP contribution in [-0.4, -0.2) is 39.1 Å². The largest absolute Gasteiger partial charge is 0.368 e. The zero-order valence-corrected chi connectivity index (χ0v) is 19.9.